The molecule has 0 bridgehead atoms. The molecule has 0 saturated carbocycles. The number of unbranched alkanes of at least 4 members (excludes halogenated alkanes) is 1. The van der Waals surface area contributed by atoms with Crippen LogP contribution >= 0.6 is 0 Å². The molecule has 2 aromatic carbocycles. The van der Waals surface area contributed by atoms with Gasteiger partial charge in [-0.05, 0) is 41.2 Å². The standard InChI is InChI=1S/C20H21N/c1-2-3-12-19(21)20-17-11-7-6-10-16(17)13-14-18(20)15-8-4-5-9-15/h4-8,10-11,13-14,21H,2-3,9,12H2,1H3. The van der Waals surface area contributed by atoms with Crippen LogP contribution in [0.3, 0.4) is 0 Å². The number of allylic oxidation sites excluding steroid dienone is 4. The van der Waals surface area contributed by atoms with Crippen molar-refractivity contribution < 1.29 is 0 Å². The van der Waals surface area contributed by atoms with Crippen LogP contribution in [0.4, 0.5) is 0 Å². The monoisotopic (exact) mass is 275 g/mol. The first kappa shape index (κ1) is 13.8. The molecule has 0 aliphatic heterocycles. The molecular weight excluding hydrogens is 254 g/mol. The van der Waals surface area contributed by atoms with Crippen LogP contribution < -0.4 is 0 Å². The Morgan fingerprint density at radius 3 is 2.76 bits per heavy atom. The van der Waals surface area contributed by atoms with E-state index in [1.807, 2.05) is 0 Å². The zero-order valence-electron chi connectivity index (χ0n) is 12.5. The van der Waals surface area contributed by atoms with Crippen molar-refractivity contribution in [1.29, 1.82) is 5.41 Å². The third-order valence-corrected chi connectivity index (χ3v) is 4.13. The molecule has 0 heterocycles. The second-order valence-electron chi connectivity index (χ2n) is 5.62. The minimum atomic E-state index is 0.774. The van der Waals surface area contributed by atoms with Gasteiger partial charge in [0.05, 0.1) is 0 Å². The minimum Gasteiger partial charge on any atom is -0.305 e. The summed E-state index contributed by atoms with van der Waals surface area (Å²) in [4.78, 5) is 0. The molecule has 3 rings (SSSR count). The zero-order valence-corrected chi connectivity index (χ0v) is 12.5. The Kier molecular flexibility index (Phi) is 4.01. The van der Waals surface area contributed by atoms with Crippen molar-refractivity contribution in [2.75, 3.05) is 0 Å². The van der Waals surface area contributed by atoms with Gasteiger partial charge in [0.25, 0.3) is 0 Å². The molecule has 1 N–H and O–H groups in total. The lowest BCUT2D eigenvalue weighted by Gasteiger charge is -2.15. The maximum atomic E-state index is 8.57. The Labute approximate surface area is 126 Å². The number of benzene rings is 2. The first-order valence-corrected chi connectivity index (χ1v) is 7.77. The number of rotatable bonds is 5. The molecule has 1 heteroatoms. The summed E-state index contributed by atoms with van der Waals surface area (Å²) in [5.74, 6) is 0. The molecule has 1 aliphatic carbocycles. The number of hydrogen-bond donors (Lipinski definition) is 1. The summed E-state index contributed by atoms with van der Waals surface area (Å²) in [6.07, 6.45) is 10.5. The van der Waals surface area contributed by atoms with Crippen LogP contribution in [-0.2, 0) is 0 Å². The van der Waals surface area contributed by atoms with E-state index in [4.69, 9.17) is 5.41 Å². The van der Waals surface area contributed by atoms with Gasteiger partial charge < -0.3 is 5.41 Å². The fourth-order valence-electron chi connectivity index (χ4n) is 2.99. The van der Waals surface area contributed by atoms with Crippen molar-refractivity contribution in [1.82, 2.24) is 0 Å². The molecule has 0 aromatic heterocycles. The van der Waals surface area contributed by atoms with E-state index in [0.717, 1.165) is 37.0 Å². The van der Waals surface area contributed by atoms with Crippen LogP contribution in [0.1, 0.15) is 43.7 Å². The molecule has 1 aliphatic rings. The largest absolute Gasteiger partial charge is 0.305 e. The average molecular weight is 275 g/mol. The Bertz CT molecular complexity index is 735. The summed E-state index contributed by atoms with van der Waals surface area (Å²) in [5, 5.41) is 11.0. The Morgan fingerprint density at radius 2 is 2.00 bits per heavy atom. The molecule has 0 spiro atoms. The number of hydrogen-bond acceptors (Lipinski definition) is 1. The van der Waals surface area contributed by atoms with E-state index in [-0.39, 0.29) is 0 Å². The SMILES string of the molecule is CCCCC(=N)c1c(C2=CC=CC2)ccc2ccccc12. The summed E-state index contributed by atoms with van der Waals surface area (Å²) in [5.41, 5.74) is 4.48. The second-order valence-corrected chi connectivity index (χ2v) is 5.62. The topological polar surface area (TPSA) is 23.9 Å². The van der Waals surface area contributed by atoms with Crippen LogP contribution in [0.25, 0.3) is 16.3 Å². The Hall–Kier alpha value is -2.15. The molecule has 0 radical (unpaired) electrons. The lowest BCUT2D eigenvalue weighted by molar-refractivity contribution is 0.833. The van der Waals surface area contributed by atoms with Gasteiger partial charge in [-0.2, -0.15) is 0 Å². The Morgan fingerprint density at radius 1 is 1.14 bits per heavy atom. The first-order valence-electron chi connectivity index (χ1n) is 7.77. The summed E-state index contributed by atoms with van der Waals surface area (Å²) in [6, 6.07) is 12.8. The van der Waals surface area contributed by atoms with Gasteiger partial charge in [-0.15, -0.1) is 0 Å². The van der Waals surface area contributed by atoms with E-state index in [9.17, 15) is 0 Å². The molecule has 2 aromatic rings. The van der Waals surface area contributed by atoms with Gasteiger partial charge in [-0.3, -0.25) is 0 Å². The summed E-state index contributed by atoms with van der Waals surface area (Å²) in [6.45, 7) is 2.18. The highest BCUT2D eigenvalue weighted by Crippen LogP contribution is 2.32. The molecule has 0 unspecified atom stereocenters. The van der Waals surface area contributed by atoms with Crippen molar-refractivity contribution in [3.8, 4) is 0 Å². The van der Waals surface area contributed by atoms with Gasteiger partial charge in [0.2, 0.25) is 0 Å². The highest BCUT2D eigenvalue weighted by molar-refractivity contribution is 6.13. The van der Waals surface area contributed by atoms with Gasteiger partial charge in [0, 0.05) is 11.3 Å². The highest BCUT2D eigenvalue weighted by atomic mass is 14.4. The van der Waals surface area contributed by atoms with Crippen molar-refractivity contribution in [2.45, 2.75) is 32.6 Å². The van der Waals surface area contributed by atoms with Crippen LogP contribution in [0.2, 0.25) is 0 Å². The molecule has 0 fully saturated rings. The van der Waals surface area contributed by atoms with Crippen molar-refractivity contribution in [2.24, 2.45) is 0 Å². The van der Waals surface area contributed by atoms with Crippen molar-refractivity contribution in [3.05, 3.63) is 65.8 Å². The Balaban J connectivity index is 2.15. The van der Waals surface area contributed by atoms with E-state index in [1.54, 1.807) is 0 Å². The molecule has 106 valence electrons. The van der Waals surface area contributed by atoms with Crippen molar-refractivity contribution >= 4 is 22.1 Å². The second kappa shape index (κ2) is 6.09. The molecule has 0 saturated heterocycles. The lowest BCUT2D eigenvalue weighted by atomic mass is 9.89. The summed E-state index contributed by atoms with van der Waals surface area (Å²) < 4.78 is 0. The number of nitrogens with one attached hydrogen (secondary N) is 1. The molecule has 1 nitrogen and oxygen atoms in total. The third kappa shape index (κ3) is 2.69. The molecule has 0 amide bonds. The van der Waals surface area contributed by atoms with E-state index in [1.165, 1.54) is 21.9 Å². The molecule has 0 atom stereocenters. The zero-order chi connectivity index (χ0) is 14.7. The van der Waals surface area contributed by atoms with Crippen LogP contribution in [-0.4, -0.2) is 5.71 Å². The summed E-state index contributed by atoms with van der Waals surface area (Å²) in [7, 11) is 0. The third-order valence-electron chi connectivity index (χ3n) is 4.13. The van der Waals surface area contributed by atoms with E-state index >= 15 is 0 Å². The molecule has 21 heavy (non-hydrogen) atoms. The van der Waals surface area contributed by atoms with Crippen LogP contribution in [0, 0.1) is 5.41 Å². The fourth-order valence-corrected chi connectivity index (χ4v) is 2.99. The summed E-state index contributed by atoms with van der Waals surface area (Å²) >= 11 is 0. The fraction of sp³-hybridized carbons (Fsp3) is 0.250. The van der Waals surface area contributed by atoms with Gasteiger partial charge in [0.15, 0.2) is 0 Å². The minimum absolute atomic E-state index is 0.774. The van der Waals surface area contributed by atoms with Crippen molar-refractivity contribution in [3.63, 3.8) is 0 Å². The maximum absolute atomic E-state index is 8.57. The highest BCUT2D eigenvalue weighted by Gasteiger charge is 2.15. The van der Waals surface area contributed by atoms with Gasteiger partial charge in [0.1, 0.15) is 0 Å². The van der Waals surface area contributed by atoms with Gasteiger partial charge in [-0.1, -0.05) is 68.0 Å². The van der Waals surface area contributed by atoms with Crippen LogP contribution in [0.5, 0.6) is 0 Å². The number of fused-ring (bicyclic) bond motifs is 1. The average Bonchev–Trinajstić information content (AvgIpc) is 3.05. The lowest BCUT2D eigenvalue weighted by Crippen LogP contribution is -2.04. The smallest absolute Gasteiger partial charge is 0.0398 e. The predicted octanol–water partition coefficient (Wildman–Crippen LogP) is 5.74. The van der Waals surface area contributed by atoms with Crippen LogP contribution in [0.15, 0.2) is 54.6 Å². The van der Waals surface area contributed by atoms with E-state index < -0.39 is 0 Å². The molecular formula is C20H21N. The van der Waals surface area contributed by atoms with Gasteiger partial charge in [-0.25, -0.2) is 0 Å². The first-order chi connectivity index (χ1) is 10.3. The van der Waals surface area contributed by atoms with E-state index in [2.05, 4.69) is 61.5 Å². The normalized spacial score (nSPS) is 13.7. The van der Waals surface area contributed by atoms with Gasteiger partial charge >= 0.3 is 0 Å². The quantitative estimate of drug-likeness (QED) is 0.673. The van der Waals surface area contributed by atoms with E-state index in [0.29, 0.717) is 0 Å². The maximum Gasteiger partial charge on any atom is 0.0398 e. The predicted molar refractivity (Wildman–Crippen MR) is 92.0 cm³/mol.